The standard InChI is InChI=1S/C19H21FN2O4/c1-19(2,3)26-18(25)22-15(17(23)24)10-12-6-4-5-7-14(12)13-8-9-16(20)21-11-13/h4-9,11,15H,10H2,1-3H3,(H,22,25)(H,23,24)/t15-/m0/s1. The van der Waals surface area contributed by atoms with Crippen molar-refractivity contribution in [3.8, 4) is 11.1 Å². The number of halogens is 1. The highest BCUT2D eigenvalue weighted by atomic mass is 19.1. The number of benzene rings is 1. The lowest BCUT2D eigenvalue weighted by molar-refractivity contribution is -0.139. The van der Waals surface area contributed by atoms with Crippen molar-refractivity contribution in [3.63, 3.8) is 0 Å². The van der Waals surface area contributed by atoms with Gasteiger partial charge in [-0.3, -0.25) is 0 Å². The van der Waals surface area contributed by atoms with Gasteiger partial charge in [-0.2, -0.15) is 4.39 Å². The number of nitrogens with one attached hydrogen (secondary N) is 1. The zero-order valence-electron chi connectivity index (χ0n) is 14.8. The van der Waals surface area contributed by atoms with Crippen LogP contribution in [0.2, 0.25) is 0 Å². The fourth-order valence-electron chi connectivity index (χ4n) is 2.38. The highest BCUT2D eigenvalue weighted by Crippen LogP contribution is 2.24. The Morgan fingerprint density at radius 3 is 2.50 bits per heavy atom. The van der Waals surface area contributed by atoms with Crippen molar-refractivity contribution in [2.45, 2.75) is 38.8 Å². The average Bonchev–Trinajstić information content (AvgIpc) is 2.54. The molecule has 0 saturated carbocycles. The van der Waals surface area contributed by atoms with E-state index in [9.17, 15) is 19.1 Å². The van der Waals surface area contributed by atoms with Crippen LogP contribution in [0.25, 0.3) is 11.1 Å². The van der Waals surface area contributed by atoms with Gasteiger partial charge in [-0.05, 0) is 44.0 Å². The lowest BCUT2D eigenvalue weighted by atomic mass is 9.96. The first-order chi connectivity index (χ1) is 12.2. The maximum atomic E-state index is 13.0. The number of carboxylic acids is 1. The van der Waals surface area contributed by atoms with Crippen LogP contribution in [0.4, 0.5) is 9.18 Å². The lowest BCUT2D eigenvalue weighted by Crippen LogP contribution is -2.44. The fraction of sp³-hybridized carbons (Fsp3) is 0.316. The highest BCUT2D eigenvalue weighted by molar-refractivity contribution is 5.81. The van der Waals surface area contributed by atoms with Crippen molar-refractivity contribution in [1.82, 2.24) is 10.3 Å². The number of carboxylic acid groups (broad SMARTS) is 1. The molecule has 7 heteroatoms. The second kappa shape index (κ2) is 7.95. The molecule has 2 aromatic rings. The number of alkyl carbamates (subject to hydrolysis) is 1. The summed E-state index contributed by atoms with van der Waals surface area (Å²) >= 11 is 0. The number of pyridine rings is 1. The minimum atomic E-state index is -1.18. The Kier molecular flexibility index (Phi) is 5.92. The maximum Gasteiger partial charge on any atom is 0.408 e. The van der Waals surface area contributed by atoms with Crippen LogP contribution in [0.5, 0.6) is 0 Å². The molecule has 0 aliphatic rings. The highest BCUT2D eigenvalue weighted by Gasteiger charge is 2.25. The SMILES string of the molecule is CC(C)(C)OC(=O)N[C@@H](Cc1ccccc1-c1ccc(F)nc1)C(=O)O. The molecule has 0 fully saturated rings. The summed E-state index contributed by atoms with van der Waals surface area (Å²) in [6.45, 7) is 5.08. The molecule has 0 saturated heterocycles. The van der Waals surface area contributed by atoms with E-state index in [2.05, 4.69) is 10.3 Å². The third-order valence-electron chi connectivity index (χ3n) is 3.47. The molecule has 1 atom stereocenters. The van der Waals surface area contributed by atoms with Crippen LogP contribution in [0.3, 0.4) is 0 Å². The van der Waals surface area contributed by atoms with E-state index in [-0.39, 0.29) is 6.42 Å². The van der Waals surface area contributed by atoms with Crippen molar-refractivity contribution < 1.29 is 23.8 Å². The number of nitrogens with zero attached hydrogens (tertiary/aromatic N) is 1. The quantitative estimate of drug-likeness (QED) is 0.798. The Morgan fingerprint density at radius 1 is 1.23 bits per heavy atom. The predicted octanol–water partition coefficient (Wildman–Crippen LogP) is 3.41. The molecule has 0 radical (unpaired) electrons. The van der Waals surface area contributed by atoms with Crippen LogP contribution in [0.15, 0.2) is 42.6 Å². The second-order valence-electron chi connectivity index (χ2n) is 6.77. The van der Waals surface area contributed by atoms with Crippen molar-refractivity contribution >= 4 is 12.1 Å². The largest absolute Gasteiger partial charge is 0.480 e. The number of aliphatic carboxylic acids is 1. The molecule has 0 unspecified atom stereocenters. The number of rotatable bonds is 5. The van der Waals surface area contributed by atoms with E-state index >= 15 is 0 Å². The van der Waals surface area contributed by atoms with Crippen LogP contribution in [0, 0.1) is 5.95 Å². The summed E-state index contributed by atoms with van der Waals surface area (Å²) in [5.41, 5.74) is 1.33. The minimum Gasteiger partial charge on any atom is -0.480 e. The molecule has 26 heavy (non-hydrogen) atoms. The lowest BCUT2D eigenvalue weighted by Gasteiger charge is -2.22. The van der Waals surface area contributed by atoms with E-state index in [1.807, 2.05) is 0 Å². The average molecular weight is 360 g/mol. The summed E-state index contributed by atoms with van der Waals surface area (Å²) in [7, 11) is 0. The number of hydrogen-bond acceptors (Lipinski definition) is 4. The second-order valence-corrected chi connectivity index (χ2v) is 6.77. The summed E-state index contributed by atoms with van der Waals surface area (Å²) in [6, 6.07) is 8.74. The predicted molar refractivity (Wildman–Crippen MR) is 94.1 cm³/mol. The molecular formula is C19H21FN2O4. The molecule has 0 aliphatic heterocycles. The van der Waals surface area contributed by atoms with Gasteiger partial charge in [0.15, 0.2) is 0 Å². The molecule has 6 nitrogen and oxygen atoms in total. The van der Waals surface area contributed by atoms with Gasteiger partial charge in [0, 0.05) is 18.2 Å². The van der Waals surface area contributed by atoms with Crippen molar-refractivity contribution in [1.29, 1.82) is 0 Å². The van der Waals surface area contributed by atoms with E-state index in [1.165, 1.54) is 12.3 Å². The van der Waals surface area contributed by atoms with Crippen molar-refractivity contribution in [2.24, 2.45) is 0 Å². The smallest absolute Gasteiger partial charge is 0.408 e. The number of amides is 1. The zero-order chi connectivity index (χ0) is 19.3. The summed E-state index contributed by atoms with van der Waals surface area (Å²) < 4.78 is 18.2. The van der Waals surface area contributed by atoms with E-state index < -0.39 is 29.7 Å². The topological polar surface area (TPSA) is 88.5 Å². The molecular weight excluding hydrogens is 339 g/mol. The Morgan fingerprint density at radius 2 is 1.92 bits per heavy atom. The summed E-state index contributed by atoms with van der Waals surface area (Å²) in [5, 5.41) is 11.8. The van der Waals surface area contributed by atoms with Crippen LogP contribution < -0.4 is 5.32 Å². The van der Waals surface area contributed by atoms with E-state index in [0.717, 1.165) is 5.56 Å². The molecule has 0 aliphatic carbocycles. The van der Waals surface area contributed by atoms with E-state index in [0.29, 0.717) is 11.1 Å². The Labute approximate surface area is 151 Å². The first-order valence-electron chi connectivity index (χ1n) is 8.08. The van der Waals surface area contributed by atoms with Crippen LogP contribution in [-0.2, 0) is 16.0 Å². The Hall–Kier alpha value is -2.96. The maximum absolute atomic E-state index is 13.0. The van der Waals surface area contributed by atoms with Crippen LogP contribution in [0.1, 0.15) is 26.3 Å². The first kappa shape index (κ1) is 19.4. The van der Waals surface area contributed by atoms with Gasteiger partial charge < -0.3 is 15.2 Å². The molecule has 2 rings (SSSR count). The zero-order valence-corrected chi connectivity index (χ0v) is 14.8. The van der Waals surface area contributed by atoms with Gasteiger partial charge in [0.25, 0.3) is 0 Å². The van der Waals surface area contributed by atoms with Gasteiger partial charge in [0.2, 0.25) is 5.95 Å². The van der Waals surface area contributed by atoms with Gasteiger partial charge in [0.05, 0.1) is 0 Å². The molecule has 1 aromatic carbocycles. The van der Waals surface area contributed by atoms with Crippen LogP contribution >= 0.6 is 0 Å². The summed E-state index contributed by atoms with van der Waals surface area (Å²) in [5.74, 6) is -1.77. The third kappa shape index (κ3) is 5.54. The van der Waals surface area contributed by atoms with Gasteiger partial charge >= 0.3 is 12.1 Å². The molecule has 1 amide bonds. The number of aromatic nitrogens is 1. The van der Waals surface area contributed by atoms with E-state index in [1.54, 1.807) is 51.1 Å². The van der Waals surface area contributed by atoms with Gasteiger partial charge in [-0.25, -0.2) is 14.6 Å². The number of carbonyl (C=O) groups excluding carboxylic acids is 1. The summed E-state index contributed by atoms with van der Waals surface area (Å²) in [6.07, 6.45) is 0.624. The minimum absolute atomic E-state index is 0.0438. The molecule has 1 aromatic heterocycles. The number of carbonyl (C=O) groups is 2. The molecule has 2 N–H and O–H groups in total. The fourth-order valence-corrected chi connectivity index (χ4v) is 2.38. The van der Waals surface area contributed by atoms with Crippen LogP contribution in [-0.4, -0.2) is 33.8 Å². The molecule has 1 heterocycles. The monoisotopic (exact) mass is 360 g/mol. The van der Waals surface area contributed by atoms with E-state index in [4.69, 9.17) is 4.74 Å². The van der Waals surface area contributed by atoms with Crippen molar-refractivity contribution in [2.75, 3.05) is 0 Å². The Balaban J connectivity index is 2.23. The number of ether oxygens (including phenoxy) is 1. The van der Waals surface area contributed by atoms with Crippen molar-refractivity contribution in [3.05, 3.63) is 54.1 Å². The van der Waals surface area contributed by atoms with Gasteiger partial charge in [-0.1, -0.05) is 24.3 Å². The van der Waals surface area contributed by atoms with Gasteiger partial charge in [0.1, 0.15) is 11.6 Å². The van der Waals surface area contributed by atoms with Gasteiger partial charge in [-0.15, -0.1) is 0 Å². The summed E-state index contributed by atoms with van der Waals surface area (Å²) in [4.78, 5) is 27.1. The Bertz CT molecular complexity index is 785. The number of hydrogen-bond donors (Lipinski definition) is 2. The molecule has 138 valence electrons. The first-order valence-corrected chi connectivity index (χ1v) is 8.08. The normalized spacial score (nSPS) is 12.3. The molecule has 0 spiro atoms. The molecule has 0 bridgehead atoms. The third-order valence-corrected chi connectivity index (χ3v) is 3.47.